The first-order valence-electron chi connectivity index (χ1n) is 8.60. The van der Waals surface area contributed by atoms with Crippen LogP contribution in [-0.2, 0) is 6.18 Å². The lowest BCUT2D eigenvalue weighted by Crippen LogP contribution is -2.53. The summed E-state index contributed by atoms with van der Waals surface area (Å²) in [6.45, 7) is 3.25. The second kappa shape index (κ2) is 7.72. The number of aliphatic hydroxyl groups is 1. The molecule has 11 heteroatoms. The van der Waals surface area contributed by atoms with Crippen LogP contribution in [0.15, 0.2) is 34.4 Å². The molecule has 28 heavy (non-hydrogen) atoms. The van der Waals surface area contributed by atoms with E-state index in [-0.39, 0.29) is 21.2 Å². The number of β-amino-alcohol motifs (C(OH)–C–C–N with tert-alkyl or cyclic N) is 1. The molecule has 0 aromatic carbocycles. The largest absolute Gasteiger partial charge is 0.434 e. The molecule has 1 saturated heterocycles. The van der Waals surface area contributed by atoms with Gasteiger partial charge in [-0.25, -0.2) is 9.97 Å². The molecule has 1 aliphatic rings. The van der Waals surface area contributed by atoms with E-state index in [4.69, 9.17) is 11.5 Å². The van der Waals surface area contributed by atoms with Gasteiger partial charge in [0.25, 0.3) is 0 Å². The van der Waals surface area contributed by atoms with Gasteiger partial charge in [-0.1, -0.05) is 18.7 Å². The first kappa shape index (κ1) is 20.6. The third-order valence-corrected chi connectivity index (χ3v) is 6.00. The number of nitrogens with two attached hydrogens (primary N) is 2. The first-order valence-corrected chi connectivity index (χ1v) is 9.41. The van der Waals surface area contributed by atoms with Crippen molar-refractivity contribution in [2.75, 3.05) is 30.3 Å². The number of piperidine rings is 1. The van der Waals surface area contributed by atoms with Gasteiger partial charge in [0.2, 0.25) is 0 Å². The maximum Gasteiger partial charge on any atom is 0.434 e. The Morgan fingerprint density at radius 2 is 2.14 bits per heavy atom. The van der Waals surface area contributed by atoms with Crippen LogP contribution in [0.1, 0.15) is 19.0 Å². The summed E-state index contributed by atoms with van der Waals surface area (Å²) in [5, 5.41) is 10.5. The van der Waals surface area contributed by atoms with E-state index in [2.05, 4.69) is 15.0 Å². The minimum Gasteiger partial charge on any atom is -0.391 e. The number of halogens is 3. The maximum atomic E-state index is 13.1. The van der Waals surface area contributed by atoms with E-state index in [0.717, 1.165) is 18.0 Å². The molecule has 0 amide bonds. The van der Waals surface area contributed by atoms with Crippen molar-refractivity contribution in [1.82, 2.24) is 15.0 Å². The third-order valence-electron chi connectivity index (χ3n) is 4.94. The Bertz CT molecular complexity index is 852. The molecule has 3 rings (SSSR count). The Balaban J connectivity index is 1.79. The van der Waals surface area contributed by atoms with Gasteiger partial charge in [0.05, 0.1) is 12.3 Å². The number of hydrogen-bond donors (Lipinski definition) is 3. The summed E-state index contributed by atoms with van der Waals surface area (Å²) in [6, 6.07) is 2.73. The predicted molar refractivity (Wildman–Crippen MR) is 99.8 cm³/mol. The monoisotopic (exact) mass is 414 g/mol. The lowest BCUT2D eigenvalue weighted by atomic mass is 9.78. The summed E-state index contributed by atoms with van der Waals surface area (Å²) in [5.41, 5.74) is 10.3. The predicted octanol–water partition coefficient (Wildman–Crippen LogP) is 2.16. The van der Waals surface area contributed by atoms with Crippen LogP contribution in [0.3, 0.4) is 0 Å². The Kier molecular flexibility index (Phi) is 5.69. The third kappa shape index (κ3) is 4.15. The highest BCUT2D eigenvalue weighted by Gasteiger charge is 2.38. The molecule has 7 nitrogen and oxygen atoms in total. The fourth-order valence-electron chi connectivity index (χ4n) is 2.93. The van der Waals surface area contributed by atoms with Gasteiger partial charge in [-0.15, -0.1) is 0 Å². The number of nitrogen functional groups attached to an aromatic ring is 1. The van der Waals surface area contributed by atoms with Crippen molar-refractivity contribution in [1.29, 1.82) is 0 Å². The Hall–Kier alpha value is -2.11. The van der Waals surface area contributed by atoms with E-state index < -0.39 is 18.0 Å². The minimum absolute atomic E-state index is 0.0149. The Morgan fingerprint density at radius 1 is 1.39 bits per heavy atom. The summed E-state index contributed by atoms with van der Waals surface area (Å²) in [7, 11) is 0. The Labute approximate surface area is 164 Å². The minimum atomic E-state index is -4.58. The molecule has 0 saturated carbocycles. The van der Waals surface area contributed by atoms with Crippen molar-refractivity contribution in [2.24, 2.45) is 11.1 Å². The van der Waals surface area contributed by atoms with Crippen molar-refractivity contribution in [3.8, 4) is 0 Å². The van der Waals surface area contributed by atoms with E-state index in [1.807, 2.05) is 11.8 Å². The SMILES string of the molecule is C[C@@]1(CN)CCN(c2cnc(Sc3cccnc3C(F)(F)F)c(N)n2)C[C@H]1O. The average molecular weight is 414 g/mol. The van der Waals surface area contributed by atoms with Gasteiger partial charge < -0.3 is 21.5 Å². The number of aromatic nitrogens is 3. The standard InChI is InChI=1S/C17H21F3N6OS/c1-16(9-21)4-6-26(8-11(16)27)12-7-24-15(14(22)25-12)28-10-3-2-5-23-13(10)17(18,19)20/h2-3,5,7,11,27H,4,6,8-9,21H2,1H3,(H2,22,25)/t11-,16+/m1/s1. The number of alkyl halides is 3. The van der Waals surface area contributed by atoms with Gasteiger partial charge >= 0.3 is 6.18 Å². The number of nitrogens with zero attached hydrogens (tertiary/aromatic N) is 4. The number of pyridine rings is 1. The van der Waals surface area contributed by atoms with Crippen LogP contribution in [0.2, 0.25) is 0 Å². The summed E-state index contributed by atoms with van der Waals surface area (Å²) in [4.78, 5) is 13.6. The molecule has 1 aliphatic heterocycles. The highest BCUT2D eigenvalue weighted by atomic mass is 32.2. The van der Waals surface area contributed by atoms with Crippen molar-refractivity contribution in [2.45, 2.75) is 35.5 Å². The molecule has 2 atom stereocenters. The fraction of sp³-hybridized carbons (Fsp3) is 0.471. The van der Waals surface area contributed by atoms with E-state index in [1.165, 1.54) is 18.3 Å². The smallest absolute Gasteiger partial charge is 0.391 e. The second-order valence-corrected chi connectivity index (χ2v) is 7.97. The molecular formula is C17H21F3N6OS. The van der Waals surface area contributed by atoms with Gasteiger partial charge in [0.1, 0.15) is 10.8 Å². The van der Waals surface area contributed by atoms with Crippen LogP contribution in [-0.4, -0.2) is 45.8 Å². The molecule has 0 bridgehead atoms. The quantitative estimate of drug-likeness (QED) is 0.697. The van der Waals surface area contributed by atoms with Gasteiger partial charge in [-0.3, -0.25) is 4.98 Å². The van der Waals surface area contributed by atoms with Crippen LogP contribution in [0.4, 0.5) is 24.8 Å². The zero-order valence-corrected chi connectivity index (χ0v) is 16.0. The van der Waals surface area contributed by atoms with Crippen molar-refractivity contribution in [3.05, 3.63) is 30.2 Å². The lowest BCUT2D eigenvalue weighted by molar-refractivity contribution is -0.143. The van der Waals surface area contributed by atoms with Gasteiger partial charge in [-0.05, 0) is 18.6 Å². The highest BCUT2D eigenvalue weighted by Crippen LogP contribution is 2.39. The van der Waals surface area contributed by atoms with Crippen LogP contribution < -0.4 is 16.4 Å². The van der Waals surface area contributed by atoms with E-state index in [1.54, 1.807) is 0 Å². The summed E-state index contributed by atoms with van der Waals surface area (Å²) < 4.78 is 39.3. The molecule has 152 valence electrons. The number of anilines is 2. The number of rotatable bonds is 4. The van der Waals surface area contributed by atoms with E-state index >= 15 is 0 Å². The van der Waals surface area contributed by atoms with E-state index in [0.29, 0.717) is 31.9 Å². The average Bonchev–Trinajstić information content (AvgIpc) is 2.65. The molecule has 0 aliphatic carbocycles. The maximum absolute atomic E-state index is 13.1. The molecule has 0 radical (unpaired) electrons. The summed E-state index contributed by atoms with van der Waals surface area (Å²) in [6.07, 6.45) is -2.01. The van der Waals surface area contributed by atoms with E-state index in [9.17, 15) is 18.3 Å². The molecule has 0 spiro atoms. The molecule has 2 aromatic rings. The lowest BCUT2D eigenvalue weighted by Gasteiger charge is -2.43. The summed E-state index contributed by atoms with van der Waals surface area (Å²) >= 11 is 0.761. The molecule has 2 aromatic heterocycles. The summed E-state index contributed by atoms with van der Waals surface area (Å²) in [5.74, 6) is 0.475. The van der Waals surface area contributed by atoms with Gasteiger partial charge in [-0.2, -0.15) is 13.2 Å². The highest BCUT2D eigenvalue weighted by molar-refractivity contribution is 7.99. The zero-order chi connectivity index (χ0) is 20.5. The number of aliphatic hydroxyl groups excluding tert-OH is 1. The van der Waals surface area contributed by atoms with Crippen molar-refractivity contribution < 1.29 is 18.3 Å². The van der Waals surface area contributed by atoms with Crippen LogP contribution in [0.25, 0.3) is 0 Å². The topological polar surface area (TPSA) is 114 Å². The van der Waals surface area contributed by atoms with Crippen LogP contribution >= 0.6 is 11.8 Å². The molecule has 3 heterocycles. The normalized spacial score (nSPS) is 23.1. The van der Waals surface area contributed by atoms with Crippen LogP contribution in [0.5, 0.6) is 0 Å². The Morgan fingerprint density at radius 3 is 2.75 bits per heavy atom. The fourth-order valence-corrected chi connectivity index (χ4v) is 3.80. The second-order valence-electron chi connectivity index (χ2n) is 6.94. The van der Waals surface area contributed by atoms with Crippen molar-refractivity contribution in [3.63, 3.8) is 0 Å². The number of hydrogen-bond acceptors (Lipinski definition) is 8. The molecule has 0 unspecified atom stereocenters. The van der Waals surface area contributed by atoms with Gasteiger partial charge in [0, 0.05) is 36.1 Å². The van der Waals surface area contributed by atoms with Gasteiger partial charge in [0.15, 0.2) is 11.5 Å². The zero-order valence-electron chi connectivity index (χ0n) is 15.1. The molecule has 1 fully saturated rings. The molecule has 5 N–H and O–H groups in total. The first-order chi connectivity index (χ1) is 13.1. The van der Waals surface area contributed by atoms with Crippen LogP contribution in [0, 0.1) is 5.41 Å². The molecular weight excluding hydrogens is 393 g/mol. The van der Waals surface area contributed by atoms with Crippen molar-refractivity contribution >= 4 is 23.4 Å².